The van der Waals surface area contributed by atoms with Crippen LogP contribution in [0.15, 0.2) is 18.2 Å². The number of hydrogen-bond acceptors (Lipinski definition) is 3. The van der Waals surface area contributed by atoms with Gasteiger partial charge in [0.05, 0.1) is 6.54 Å². The molecule has 0 radical (unpaired) electrons. The summed E-state index contributed by atoms with van der Waals surface area (Å²) in [6.07, 6.45) is 2.73. The lowest BCUT2D eigenvalue weighted by atomic mass is 9.99. The predicted molar refractivity (Wildman–Crippen MR) is 113 cm³/mol. The highest BCUT2D eigenvalue weighted by molar-refractivity contribution is 5.99. The van der Waals surface area contributed by atoms with Crippen molar-refractivity contribution in [2.45, 2.75) is 59.1 Å². The molecule has 6 nitrogen and oxygen atoms in total. The zero-order valence-corrected chi connectivity index (χ0v) is 17.9. The van der Waals surface area contributed by atoms with Gasteiger partial charge in [-0.2, -0.15) is 0 Å². The van der Waals surface area contributed by atoms with Gasteiger partial charge in [0.15, 0.2) is 0 Å². The normalized spacial score (nSPS) is 19.9. The fraction of sp³-hybridized carbons (Fsp3) is 0.565. The number of aromatic amines is 1. The molecule has 0 bridgehead atoms. The van der Waals surface area contributed by atoms with Gasteiger partial charge in [0.25, 0.3) is 5.91 Å². The SMILES string of the molecule is CC1CCCN(C(=O)c2ccc3[nH]c4c(c3c2)CN(C(=O)OC(C)(C)C)CC4)C1. The van der Waals surface area contributed by atoms with Gasteiger partial charge in [-0.15, -0.1) is 0 Å². The molecular formula is C23H31N3O3. The number of benzene rings is 1. The van der Waals surface area contributed by atoms with Gasteiger partial charge in [-0.05, 0) is 57.7 Å². The van der Waals surface area contributed by atoms with Crippen molar-refractivity contribution in [3.63, 3.8) is 0 Å². The lowest BCUT2D eigenvalue weighted by Crippen LogP contribution is -2.39. The summed E-state index contributed by atoms with van der Waals surface area (Å²) < 4.78 is 5.55. The molecule has 1 aromatic carbocycles. The van der Waals surface area contributed by atoms with E-state index >= 15 is 0 Å². The fourth-order valence-electron chi connectivity index (χ4n) is 4.39. The van der Waals surface area contributed by atoms with Crippen LogP contribution in [0.4, 0.5) is 4.79 Å². The van der Waals surface area contributed by atoms with Crippen molar-refractivity contribution >= 4 is 22.9 Å². The van der Waals surface area contributed by atoms with Crippen LogP contribution in [-0.4, -0.2) is 52.0 Å². The Morgan fingerprint density at radius 1 is 1.17 bits per heavy atom. The van der Waals surface area contributed by atoms with Gasteiger partial charge >= 0.3 is 6.09 Å². The maximum absolute atomic E-state index is 13.0. The Labute approximate surface area is 172 Å². The highest BCUT2D eigenvalue weighted by atomic mass is 16.6. The van der Waals surface area contributed by atoms with Crippen molar-refractivity contribution in [1.29, 1.82) is 0 Å². The van der Waals surface area contributed by atoms with E-state index in [0.717, 1.165) is 53.7 Å². The molecule has 1 saturated heterocycles. The smallest absolute Gasteiger partial charge is 0.410 e. The maximum atomic E-state index is 13.0. The molecule has 1 aromatic heterocycles. The van der Waals surface area contributed by atoms with Crippen LogP contribution in [0.2, 0.25) is 0 Å². The Morgan fingerprint density at radius 3 is 2.69 bits per heavy atom. The second kappa shape index (κ2) is 7.39. The van der Waals surface area contributed by atoms with E-state index in [1.165, 1.54) is 6.42 Å². The van der Waals surface area contributed by atoms with Crippen LogP contribution in [0.25, 0.3) is 10.9 Å². The molecule has 1 atom stereocenters. The van der Waals surface area contributed by atoms with Crippen molar-refractivity contribution in [3.05, 3.63) is 35.0 Å². The third kappa shape index (κ3) is 4.11. The Morgan fingerprint density at radius 2 is 1.97 bits per heavy atom. The zero-order valence-electron chi connectivity index (χ0n) is 17.9. The Balaban J connectivity index is 1.59. The van der Waals surface area contributed by atoms with E-state index in [9.17, 15) is 9.59 Å². The second-order valence-electron chi connectivity index (χ2n) is 9.49. The molecule has 1 unspecified atom stereocenters. The van der Waals surface area contributed by atoms with Gasteiger partial charge in [-0.25, -0.2) is 4.79 Å². The summed E-state index contributed by atoms with van der Waals surface area (Å²) in [7, 11) is 0. The van der Waals surface area contributed by atoms with E-state index in [1.807, 2.05) is 43.9 Å². The zero-order chi connectivity index (χ0) is 20.8. The van der Waals surface area contributed by atoms with Crippen molar-refractivity contribution in [2.75, 3.05) is 19.6 Å². The fourth-order valence-corrected chi connectivity index (χ4v) is 4.39. The molecular weight excluding hydrogens is 366 g/mol. The van der Waals surface area contributed by atoms with Gasteiger partial charge in [-0.1, -0.05) is 6.92 Å². The molecule has 29 heavy (non-hydrogen) atoms. The quantitative estimate of drug-likeness (QED) is 0.779. The van der Waals surface area contributed by atoms with E-state index in [1.54, 1.807) is 4.90 Å². The van der Waals surface area contributed by atoms with E-state index in [0.29, 0.717) is 19.0 Å². The third-order valence-electron chi connectivity index (χ3n) is 5.82. The van der Waals surface area contributed by atoms with Gasteiger partial charge in [0.2, 0.25) is 0 Å². The molecule has 0 saturated carbocycles. The number of amides is 2. The van der Waals surface area contributed by atoms with Crippen molar-refractivity contribution in [1.82, 2.24) is 14.8 Å². The number of piperidine rings is 1. The number of likely N-dealkylation sites (tertiary alicyclic amines) is 1. The van der Waals surface area contributed by atoms with Crippen LogP contribution in [0, 0.1) is 5.92 Å². The number of ether oxygens (including phenoxy) is 1. The number of aromatic nitrogens is 1. The number of nitrogens with zero attached hydrogens (tertiary/aromatic N) is 2. The molecule has 6 heteroatoms. The molecule has 4 rings (SSSR count). The molecule has 3 heterocycles. The first-order valence-electron chi connectivity index (χ1n) is 10.6. The standard InChI is InChI=1S/C23H31N3O3/c1-15-6-5-10-25(13-15)21(27)16-7-8-19-17(12-16)18-14-26(11-9-20(18)24-19)22(28)29-23(2,3)4/h7-8,12,15,24H,5-6,9-11,13-14H2,1-4H3. The molecule has 0 spiro atoms. The Hall–Kier alpha value is -2.50. The molecule has 0 aliphatic carbocycles. The second-order valence-corrected chi connectivity index (χ2v) is 9.49. The molecule has 2 aliphatic heterocycles. The van der Waals surface area contributed by atoms with Gasteiger partial charge in [0.1, 0.15) is 5.60 Å². The number of H-pyrrole nitrogens is 1. The first kappa shape index (κ1) is 19.8. The summed E-state index contributed by atoms with van der Waals surface area (Å²) in [6, 6.07) is 5.90. The molecule has 156 valence electrons. The molecule has 2 amide bonds. The van der Waals surface area contributed by atoms with Crippen LogP contribution >= 0.6 is 0 Å². The van der Waals surface area contributed by atoms with Crippen LogP contribution in [-0.2, 0) is 17.7 Å². The molecule has 2 aliphatic rings. The Kier molecular flexibility index (Phi) is 5.05. The largest absolute Gasteiger partial charge is 0.444 e. The van der Waals surface area contributed by atoms with Gasteiger partial charge < -0.3 is 19.5 Å². The Bertz CT molecular complexity index is 941. The lowest BCUT2D eigenvalue weighted by molar-refractivity contribution is 0.0224. The van der Waals surface area contributed by atoms with Crippen LogP contribution in [0.1, 0.15) is 62.2 Å². The van der Waals surface area contributed by atoms with E-state index < -0.39 is 5.60 Å². The summed E-state index contributed by atoms with van der Waals surface area (Å²) in [5, 5.41) is 1.03. The highest BCUT2D eigenvalue weighted by Crippen LogP contribution is 2.30. The summed E-state index contributed by atoms with van der Waals surface area (Å²) >= 11 is 0. The number of nitrogens with one attached hydrogen (secondary N) is 1. The highest BCUT2D eigenvalue weighted by Gasteiger charge is 2.28. The first-order chi connectivity index (χ1) is 13.7. The van der Waals surface area contributed by atoms with Crippen molar-refractivity contribution in [2.24, 2.45) is 5.92 Å². The first-order valence-corrected chi connectivity index (χ1v) is 10.6. The summed E-state index contributed by atoms with van der Waals surface area (Å²) in [5.74, 6) is 0.659. The maximum Gasteiger partial charge on any atom is 0.410 e. The number of carbonyl (C=O) groups is 2. The summed E-state index contributed by atoms with van der Waals surface area (Å²) in [5.41, 5.74) is 3.48. The van der Waals surface area contributed by atoms with Crippen LogP contribution < -0.4 is 0 Å². The number of rotatable bonds is 1. The predicted octanol–water partition coefficient (Wildman–Crippen LogP) is 4.33. The third-order valence-corrected chi connectivity index (χ3v) is 5.82. The van der Waals surface area contributed by atoms with E-state index in [-0.39, 0.29) is 12.0 Å². The number of carbonyl (C=O) groups excluding carboxylic acids is 2. The number of hydrogen-bond donors (Lipinski definition) is 1. The minimum Gasteiger partial charge on any atom is -0.444 e. The van der Waals surface area contributed by atoms with E-state index in [4.69, 9.17) is 4.74 Å². The van der Waals surface area contributed by atoms with E-state index in [2.05, 4.69) is 11.9 Å². The summed E-state index contributed by atoms with van der Waals surface area (Å²) in [4.78, 5) is 32.8. The molecule has 2 aromatic rings. The van der Waals surface area contributed by atoms with Gasteiger partial charge in [-0.3, -0.25) is 4.79 Å². The topological polar surface area (TPSA) is 65.6 Å². The van der Waals surface area contributed by atoms with Crippen molar-refractivity contribution < 1.29 is 14.3 Å². The lowest BCUT2D eigenvalue weighted by Gasteiger charge is -2.31. The van der Waals surface area contributed by atoms with Crippen LogP contribution in [0.5, 0.6) is 0 Å². The average molecular weight is 398 g/mol. The summed E-state index contributed by atoms with van der Waals surface area (Å²) in [6.45, 7) is 10.6. The minimum absolute atomic E-state index is 0.105. The minimum atomic E-state index is -0.511. The molecule has 1 fully saturated rings. The van der Waals surface area contributed by atoms with Crippen molar-refractivity contribution in [3.8, 4) is 0 Å². The number of fused-ring (bicyclic) bond motifs is 3. The van der Waals surface area contributed by atoms with Gasteiger partial charge in [0, 0.05) is 53.8 Å². The average Bonchev–Trinajstić information content (AvgIpc) is 3.03. The molecule has 1 N–H and O–H groups in total. The monoisotopic (exact) mass is 397 g/mol. The van der Waals surface area contributed by atoms with Crippen LogP contribution in [0.3, 0.4) is 0 Å².